The van der Waals surface area contributed by atoms with Crippen LogP contribution in [0.2, 0.25) is 0 Å². The molecule has 1 aliphatic carbocycles. The minimum Gasteiger partial charge on any atom is -0.484 e. The van der Waals surface area contributed by atoms with Crippen LogP contribution in [-0.2, 0) is 4.79 Å². The predicted octanol–water partition coefficient (Wildman–Crippen LogP) is 2.92. The van der Waals surface area contributed by atoms with Crippen molar-refractivity contribution in [2.75, 3.05) is 13.2 Å². The lowest BCUT2D eigenvalue weighted by Crippen LogP contribution is -2.40. The molecule has 6 heteroatoms. The monoisotopic (exact) mass is 356 g/mol. The number of carbonyl (C=O) groups is 1. The zero-order valence-electron chi connectivity index (χ0n) is 14.6. The normalized spacial score (nSPS) is 19.1. The van der Waals surface area contributed by atoms with Crippen LogP contribution in [-0.4, -0.2) is 35.3 Å². The molecule has 3 rings (SSSR count). The lowest BCUT2D eigenvalue weighted by atomic mass is 10.00. The zero-order chi connectivity index (χ0) is 18.2. The summed E-state index contributed by atoms with van der Waals surface area (Å²) in [6, 6.07) is 12.7. The van der Waals surface area contributed by atoms with Crippen molar-refractivity contribution >= 4 is 5.91 Å². The zero-order valence-corrected chi connectivity index (χ0v) is 14.6. The summed E-state index contributed by atoms with van der Waals surface area (Å²) in [6.07, 6.45) is 5.53. The Balaban J connectivity index is 1.45. The lowest BCUT2D eigenvalue weighted by Gasteiger charge is -2.20. The molecule has 1 heterocycles. The summed E-state index contributed by atoms with van der Waals surface area (Å²) in [5, 5.41) is 12.1. The molecule has 1 saturated carbocycles. The third-order valence-electron chi connectivity index (χ3n) is 4.56. The van der Waals surface area contributed by atoms with Gasteiger partial charge in [-0.15, -0.1) is 0 Å². The second-order valence-electron chi connectivity index (χ2n) is 6.41. The van der Waals surface area contributed by atoms with Gasteiger partial charge in [0.1, 0.15) is 11.5 Å². The van der Waals surface area contributed by atoms with E-state index in [4.69, 9.17) is 14.6 Å². The van der Waals surface area contributed by atoms with E-state index >= 15 is 0 Å². The highest BCUT2D eigenvalue weighted by molar-refractivity contribution is 5.77. The lowest BCUT2D eigenvalue weighted by molar-refractivity contribution is -0.124. The highest BCUT2D eigenvalue weighted by Gasteiger charge is 2.27. The van der Waals surface area contributed by atoms with Gasteiger partial charge in [-0.05, 0) is 55.5 Å². The summed E-state index contributed by atoms with van der Waals surface area (Å²) in [6.45, 7) is 0.142. The van der Waals surface area contributed by atoms with Gasteiger partial charge < -0.3 is 19.9 Å². The molecule has 0 radical (unpaired) electrons. The third-order valence-corrected chi connectivity index (χ3v) is 4.56. The highest BCUT2D eigenvalue weighted by Crippen LogP contribution is 2.28. The van der Waals surface area contributed by atoms with Crippen LogP contribution in [0, 0.1) is 5.92 Å². The number of carbonyl (C=O) groups excluding carboxylic acids is 1. The van der Waals surface area contributed by atoms with Gasteiger partial charge in [-0.2, -0.15) is 0 Å². The molecule has 1 fully saturated rings. The molecule has 1 aliphatic rings. The molecule has 0 unspecified atom stereocenters. The van der Waals surface area contributed by atoms with Gasteiger partial charge in [-0.3, -0.25) is 4.79 Å². The van der Waals surface area contributed by atoms with Crippen molar-refractivity contribution in [2.45, 2.75) is 31.7 Å². The number of aliphatic hydroxyl groups excluding tert-OH is 1. The number of amides is 1. The number of nitrogens with one attached hydrogen (secondary N) is 1. The van der Waals surface area contributed by atoms with Gasteiger partial charge in [0.2, 0.25) is 5.88 Å². The van der Waals surface area contributed by atoms with Gasteiger partial charge >= 0.3 is 0 Å². The molecule has 2 aromatic rings. The molecular formula is C20H24N2O4. The SMILES string of the molecule is O=C(COc1ccc(Oc2ccccn2)cc1)N[C@H]1CCC[C@H]1CCO. The molecule has 0 aliphatic heterocycles. The number of pyridine rings is 1. The molecule has 2 atom stereocenters. The second-order valence-corrected chi connectivity index (χ2v) is 6.41. The maximum atomic E-state index is 12.1. The number of rotatable bonds is 8. The Hall–Kier alpha value is -2.60. The molecule has 138 valence electrons. The molecule has 0 saturated heterocycles. The first-order valence-electron chi connectivity index (χ1n) is 8.96. The van der Waals surface area contributed by atoms with Crippen LogP contribution in [0.4, 0.5) is 0 Å². The predicted molar refractivity (Wildman–Crippen MR) is 97.2 cm³/mol. The largest absolute Gasteiger partial charge is 0.484 e. The van der Waals surface area contributed by atoms with Crippen LogP contribution in [0.5, 0.6) is 17.4 Å². The van der Waals surface area contributed by atoms with Crippen LogP contribution < -0.4 is 14.8 Å². The Bertz CT molecular complexity index is 691. The van der Waals surface area contributed by atoms with E-state index in [0.29, 0.717) is 23.3 Å². The van der Waals surface area contributed by atoms with Crippen molar-refractivity contribution < 1.29 is 19.4 Å². The van der Waals surface area contributed by atoms with E-state index in [-0.39, 0.29) is 25.2 Å². The molecule has 0 bridgehead atoms. The number of hydrogen-bond acceptors (Lipinski definition) is 5. The number of benzene rings is 1. The number of aliphatic hydroxyl groups is 1. The maximum absolute atomic E-state index is 12.1. The van der Waals surface area contributed by atoms with Gasteiger partial charge in [0, 0.05) is 24.9 Å². The Morgan fingerprint density at radius 2 is 1.96 bits per heavy atom. The first kappa shape index (κ1) is 18.2. The minimum atomic E-state index is -0.131. The third kappa shape index (κ3) is 5.20. The topological polar surface area (TPSA) is 80.7 Å². The van der Waals surface area contributed by atoms with E-state index in [1.807, 2.05) is 12.1 Å². The fourth-order valence-electron chi connectivity index (χ4n) is 3.27. The van der Waals surface area contributed by atoms with Crippen molar-refractivity contribution in [3.05, 3.63) is 48.7 Å². The Labute approximate surface area is 153 Å². The van der Waals surface area contributed by atoms with Crippen LogP contribution in [0.25, 0.3) is 0 Å². The Kier molecular flexibility index (Phi) is 6.44. The number of ether oxygens (including phenoxy) is 2. The first-order valence-corrected chi connectivity index (χ1v) is 8.96. The quantitative estimate of drug-likeness (QED) is 0.760. The summed E-state index contributed by atoms with van der Waals surface area (Å²) in [4.78, 5) is 16.2. The molecule has 1 amide bonds. The summed E-state index contributed by atoms with van der Waals surface area (Å²) in [7, 11) is 0. The standard InChI is InChI=1S/C20H24N2O4/c23-13-11-15-4-3-5-18(15)22-19(24)14-25-16-7-9-17(10-8-16)26-20-6-1-2-12-21-20/h1-2,6-10,12,15,18,23H,3-5,11,13-14H2,(H,22,24)/t15-,18-/m0/s1. The van der Waals surface area contributed by atoms with Crippen LogP contribution >= 0.6 is 0 Å². The van der Waals surface area contributed by atoms with E-state index in [1.165, 1.54) is 0 Å². The molecule has 2 N–H and O–H groups in total. The fraction of sp³-hybridized carbons (Fsp3) is 0.400. The Morgan fingerprint density at radius 3 is 2.69 bits per heavy atom. The summed E-state index contributed by atoms with van der Waals surface area (Å²) in [5.74, 6) is 2.01. The van der Waals surface area contributed by atoms with Crippen LogP contribution in [0.1, 0.15) is 25.7 Å². The van der Waals surface area contributed by atoms with Crippen molar-refractivity contribution in [3.63, 3.8) is 0 Å². The van der Waals surface area contributed by atoms with E-state index in [1.54, 1.807) is 36.5 Å². The first-order chi connectivity index (χ1) is 12.7. The van der Waals surface area contributed by atoms with Gasteiger partial charge in [0.15, 0.2) is 6.61 Å². The van der Waals surface area contributed by atoms with Gasteiger partial charge in [-0.25, -0.2) is 4.98 Å². The van der Waals surface area contributed by atoms with E-state index in [2.05, 4.69) is 10.3 Å². The smallest absolute Gasteiger partial charge is 0.258 e. The van der Waals surface area contributed by atoms with Gasteiger partial charge in [0.25, 0.3) is 5.91 Å². The van der Waals surface area contributed by atoms with E-state index < -0.39 is 0 Å². The second kappa shape index (κ2) is 9.20. The van der Waals surface area contributed by atoms with Crippen LogP contribution in [0.3, 0.4) is 0 Å². The molecule has 6 nitrogen and oxygen atoms in total. The molecule has 1 aromatic carbocycles. The van der Waals surface area contributed by atoms with Crippen LogP contribution in [0.15, 0.2) is 48.7 Å². The van der Waals surface area contributed by atoms with Gasteiger partial charge in [-0.1, -0.05) is 12.5 Å². The highest BCUT2D eigenvalue weighted by atomic mass is 16.5. The van der Waals surface area contributed by atoms with Crippen molar-refractivity contribution in [1.82, 2.24) is 10.3 Å². The molecule has 26 heavy (non-hydrogen) atoms. The number of nitrogens with zero attached hydrogens (tertiary/aromatic N) is 1. The average molecular weight is 356 g/mol. The van der Waals surface area contributed by atoms with Crippen molar-refractivity contribution in [2.24, 2.45) is 5.92 Å². The van der Waals surface area contributed by atoms with Crippen molar-refractivity contribution in [1.29, 1.82) is 0 Å². The maximum Gasteiger partial charge on any atom is 0.258 e. The van der Waals surface area contributed by atoms with E-state index in [9.17, 15) is 4.79 Å². The Morgan fingerprint density at radius 1 is 1.15 bits per heavy atom. The minimum absolute atomic E-state index is 0.0250. The summed E-state index contributed by atoms with van der Waals surface area (Å²) >= 11 is 0. The summed E-state index contributed by atoms with van der Waals surface area (Å²) in [5.41, 5.74) is 0. The fourth-order valence-corrected chi connectivity index (χ4v) is 3.27. The molecule has 0 spiro atoms. The van der Waals surface area contributed by atoms with Gasteiger partial charge in [0.05, 0.1) is 0 Å². The summed E-state index contributed by atoms with van der Waals surface area (Å²) < 4.78 is 11.2. The average Bonchev–Trinajstić information content (AvgIpc) is 3.09. The van der Waals surface area contributed by atoms with E-state index in [0.717, 1.165) is 25.7 Å². The molecule has 1 aromatic heterocycles. The molecular weight excluding hydrogens is 332 g/mol. The number of aromatic nitrogens is 1. The van der Waals surface area contributed by atoms with Crippen molar-refractivity contribution in [3.8, 4) is 17.4 Å². The number of hydrogen-bond donors (Lipinski definition) is 2.